The number of para-hydroxylation sites is 1. The van der Waals surface area contributed by atoms with Crippen LogP contribution in [-0.2, 0) is 0 Å². The van der Waals surface area contributed by atoms with Crippen molar-refractivity contribution < 1.29 is 9.47 Å². The summed E-state index contributed by atoms with van der Waals surface area (Å²) in [5.74, 6) is 1.34. The molecule has 18 heavy (non-hydrogen) atoms. The number of aromatic nitrogens is 1. The van der Waals surface area contributed by atoms with Crippen molar-refractivity contribution in [3.05, 3.63) is 29.3 Å². The van der Waals surface area contributed by atoms with E-state index >= 15 is 0 Å². The minimum Gasteiger partial charge on any atom is -0.493 e. The second kappa shape index (κ2) is 5.52. The van der Waals surface area contributed by atoms with E-state index in [2.05, 4.69) is 11.1 Å². The van der Waals surface area contributed by atoms with E-state index in [0.717, 1.165) is 10.6 Å². The number of nitriles is 1. The highest BCUT2D eigenvalue weighted by Gasteiger charge is 2.14. The van der Waals surface area contributed by atoms with E-state index in [4.69, 9.17) is 14.7 Å². The highest BCUT2D eigenvalue weighted by molar-refractivity contribution is 7.15. The normalized spacial score (nSPS) is 9.83. The molecule has 1 heterocycles. The highest BCUT2D eigenvalue weighted by Crippen LogP contribution is 2.39. The maximum absolute atomic E-state index is 8.84. The van der Waals surface area contributed by atoms with E-state index in [1.165, 1.54) is 11.3 Å². The van der Waals surface area contributed by atoms with Crippen LogP contribution in [0.3, 0.4) is 0 Å². The van der Waals surface area contributed by atoms with Gasteiger partial charge >= 0.3 is 0 Å². The molecule has 0 saturated carbocycles. The van der Waals surface area contributed by atoms with Crippen LogP contribution in [0, 0.1) is 11.3 Å². The molecule has 0 aliphatic rings. The first-order valence-electron chi connectivity index (χ1n) is 5.46. The first kappa shape index (κ1) is 12.4. The molecule has 0 N–H and O–H groups in total. The van der Waals surface area contributed by atoms with Gasteiger partial charge in [0.15, 0.2) is 11.5 Å². The van der Waals surface area contributed by atoms with Gasteiger partial charge in [-0.1, -0.05) is 6.07 Å². The minimum absolute atomic E-state index is 0.545. The molecule has 1 aromatic carbocycles. The molecule has 0 aliphatic carbocycles. The van der Waals surface area contributed by atoms with E-state index in [1.54, 1.807) is 13.3 Å². The monoisotopic (exact) mass is 260 g/mol. The SMILES string of the molecule is CCOc1c(OC)cccc1-c1ncc(C#N)s1. The number of nitrogens with zero attached hydrogens (tertiary/aromatic N) is 2. The summed E-state index contributed by atoms with van der Waals surface area (Å²) < 4.78 is 10.9. The molecule has 0 bridgehead atoms. The zero-order valence-electron chi connectivity index (χ0n) is 10.1. The molecular weight excluding hydrogens is 248 g/mol. The molecule has 0 fully saturated rings. The number of thiazole rings is 1. The van der Waals surface area contributed by atoms with Crippen LogP contribution in [0.15, 0.2) is 24.4 Å². The predicted octanol–water partition coefficient (Wildman–Crippen LogP) is 3.09. The molecule has 0 unspecified atom stereocenters. The van der Waals surface area contributed by atoms with Gasteiger partial charge < -0.3 is 9.47 Å². The quantitative estimate of drug-likeness (QED) is 0.847. The summed E-state index contributed by atoms with van der Waals surface area (Å²) >= 11 is 1.34. The Morgan fingerprint density at radius 3 is 2.89 bits per heavy atom. The van der Waals surface area contributed by atoms with Crippen molar-refractivity contribution in [2.24, 2.45) is 0 Å². The van der Waals surface area contributed by atoms with E-state index in [1.807, 2.05) is 25.1 Å². The Hall–Kier alpha value is -2.06. The van der Waals surface area contributed by atoms with Crippen LogP contribution < -0.4 is 9.47 Å². The molecular formula is C13H12N2O2S. The van der Waals surface area contributed by atoms with Crippen molar-refractivity contribution in [1.29, 1.82) is 5.26 Å². The molecule has 0 amide bonds. The van der Waals surface area contributed by atoms with Gasteiger partial charge in [-0.15, -0.1) is 11.3 Å². The van der Waals surface area contributed by atoms with E-state index < -0.39 is 0 Å². The fraction of sp³-hybridized carbons (Fsp3) is 0.231. The molecule has 2 rings (SSSR count). The fourth-order valence-electron chi connectivity index (χ4n) is 1.59. The molecule has 2 aromatic rings. The molecule has 0 atom stereocenters. The van der Waals surface area contributed by atoms with Crippen LogP contribution in [-0.4, -0.2) is 18.7 Å². The van der Waals surface area contributed by atoms with Gasteiger partial charge in [-0.05, 0) is 19.1 Å². The molecule has 1 aromatic heterocycles. The van der Waals surface area contributed by atoms with Crippen LogP contribution in [0.25, 0.3) is 10.6 Å². The fourth-order valence-corrected chi connectivity index (χ4v) is 2.32. The zero-order valence-corrected chi connectivity index (χ0v) is 11.0. The van der Waals surface area contributed by atoms with Gasteiger partial charge in [0.2, 0.25) is 0 Å². The second-order valence-corrected chi connectivity index (χ2v) is 4.44. The number of ether oxygens (including phenoxy) is 2. The minimum atomic E-state index is 0.545. The lowest BCUT2D eigenvalue weighted by Gasteiger charge is -2.12. The van der Waals surface area contributed by atoms with Crippen LogP contribution >= 0.6 is 11.3 Å². The summed E-state index contributed by atoms with van der Waals surface area (Å²) in [7, 11) is 1.60. The van der Waals surface area contributed by atoms with Crippen molar-refractivity contribution in [2.75, 3.05) is 13.7 Å². The Morgan fingerprint density at radius 1 is 1.44 bits per heavy atom. The number of rotatable bonds is 4. The number of hydrogen-bond acceptors (Lipinski definition) is 5. The van der Waals surface area contributed by atoms with Crippen molar-refractivity contribution in [1.82, 2.24) is 4.98 Å². The van der Waals surface area contributed by atoms with Gasteiger partial charge in [0.05, 0.1) is 25.5 Å². The average Bonchev–Trinajstić information content (AvgIpc) is 2.88. The molecule has 0 aliphatic heterocycles. The Morgan fingerprint density at radius 2 is 2.28 bits per heavy atom. The Bertz CT molecular complexity index is 587. The third-order valence-electron chi connectivity index (χ3n) is 2.33. The van der Waals surface area contributed by atoms with Crippen LogP contribution in [0.1, 0.15) is 11.8 Å². The Labute approximate surface area is 109 Å². The molecule has 0 saturated heterocycles. The van der Waals surface area contributed by atoms with Crippen LogP contribution in [0.2, 0.25) is 0 Å². The number of methoxy groups -OCH3 is 1. The third-order valence-corrected chi connectivity index (χ3v) is 3.27. The number of benzene rings is 1. The first-order valence-corrected chi connectivity index (χ1v) is 6.28. The second-order valence-electron chi connectivity index (χ2n) is 3.41. The third kappa shape index (κ3) is 2.29. The smallest absolute Gasteiger partial charge is 0.171 e. The topological polar surface area (TPSA) is 55.1 Å². The maximum Gasteiger partial charge on any atom is 0.171 e. The van der Waals surface area contributed by atoms with Crippen molar-refractivity contribution >= 4 is 11.3 Å². The maximum atomic E-state index is 8.84. The van der Waals surface area contributed by atoms with Crippen molar-refractivity contribution in [3.8, 4) is 28.1 Å². The van der Waals surface area contributed by atoms with E-state index in [0.29, 0.717) is 23.0 Å². The standard InChI is InChI=1S/C13H12N2O2S/c1-3-17-12-10(5-4-6-11(12)16-2)13-15-8-9(7-14)18-13/h4-6,8H,3H2,1-2H3. The number of hydrogen-bond donors (Lipinski definition) is 0. The largest absolute Gasteiger partial charge is 0.493 e. The average molecular weight is 260 g/mol. The molecule has 4 nitrogen and oxygen atoms in total. The summed E-state index contributed by atoms with van der Waals surface area (Å²) in [6, 6.07) is 7.71. The lowest BCUT2D eigenvalue weighted by molar-refractivity contribution is 0.312. The van der Waals surface area contributed by atoms with Crippen LogP contribution in [0.5, 0.6) is 11.5 Å². The summed E-state index contributed by atoms with van der Waals surface area (Å²) in [5, 5.41) is 9.59. The molecule has 5 heteroatoms. The Kier molecular flexibility index (Phi) is 3.80. The van der Waals surface area contributed by atoms with Gasteiger partial charge in [0.1, 0.15) is 16.0 Å². The van der Waals surface area contributed by atoms with Gasteiger partial charge in [-0.3, -0.25) is 0 Å². The highest BCUT2D eigenvalue weighted by atomic mass is 32.1. The lowest BCUT2D eigenvalue weighted by atomic mass is 10.2. The summed E-state index contributed by atoms with van der Waals surface area (Å²) in [6.07, 6.45) is 1.56. The van der Waals surface area contributed by atoms with Crippen molar-refractivity contribution in [2.45, 2.75) is 6.92 Å². The van der Waals surface area contributed by atoms with E-state index in [9.17, 15) is 0 Å². The van der Waals surface area contributed by atoms with Gasteiger partial charge in [0, 0.05) is 0 Å². The molecule has 92 valence electrons. The summed E-state index contributed by atoms with van der Waals surface area (Å²) in [4.78, 5) is 4.82. The van der Waals surface area contributed by atoms with Gasteiger partial charge in [-0.2, -0.15) is 5.26 Å². The van der Waals surface area contributed by atoms with E-state index in [-0.39, 0.29) is 0 Å². The van der Waals surface area contributed by atoms with Gasteiger partial charge in [0.25, 0.3) is 0 Å². The lowest BCUT2D eigenvalue weighted by Crippen LogP contribution is -1.97. The summed E-state index contributed by atoms with van der Waals surface area (Å²) in [6.45, 7) is 2.46. The Balaban J connectivity index is 2.52. The van der Waals surface area contributed by atoms with Gasteiger partial charge in [-0.25, -0.2) is 4.98 Å². The zero-order chi connectivity index (χ0) is 13.0. The van der Waals surface area contributed by atoms with Crippen LogP contribution in [0.4, 0.5) is 0 Å². The predicted molar refractivity (Wildman–Crippen MR) is 70.0 cm³/mol. The molecule has 0 spiro atoms. The first-order chi connectivity index (χ1) is 8.80. The van der Waals surface area contributed by atoms with Crippen molar-refractivity contribution in [3.63, 3.8) is 0 Å². The summed E-state index contributed by atoms with van der Waals surface area (Å²) in [5.41, 5.74) is 0.850. The molecule has 0 radical (unpaired) electrons.